The van der Waals surface area contributed by atoms with Crippen molar-refractivity contribution in [1.82, 2.24) is 15.5 Å². The van der Waals surface area contributed by atoms with Crippen LogP contribution in [-0.2, 0) is 52.8 Å². The molecule has 0 saturated heterocycles. The number of unbranched alkanes of at least 4 members (excludes halogenated alkanes) is 1. The molecule has 0 aliphatic carbocycles. The third kappa shape index (κ3) is 19.2. The first kappa shape index (κ1) is 47.9. The van der Waals surface area contributed by atoms with Crippen molar-refractivity contribution in [3.8, 4) is 0 Å². The van der Waals surface area contributed by atoms with E-state index in [4.69, 9.17) is 14.2 Å². The lowest BCUT2D eigenvalue weighted by molar-refractivity contribution is -0.147. The summed E-state index contributed by atoms with van der Waals surface area (Å²) in [6, 6.07) is 27.4. The van der Waals surface area contributed by atoms with Crippen LogP contribution in [0.5, 0.6) is 0 Å². The number of nitrogens with one attached hydrogen (secondary N) is 2. The molecular weight excluding hydrogens is 751 g/mol. The molecule has 0 saturated carbocycles. The van der Waals surface area contributed by atoms with E-state index in [1.54, 1.807) is 20.8 Å². The van der Waals surface area contributed by atoms with Gasteiger partial charge in [0, 0.05) is 31.8 Å². The SMILES string of the molecule is COC(=O)[C@@H](CCCCNC(=O)OCc1ccccc1)CC(=O)[C@@H](CC(C)C)NC(=O)[C@H](CC(=O)CN(CCc1ccccc1)C(=O)OC(C)(C)C)Cc1ccccc1. The number of Topliss-reactive ketones (excluding diaryl/α,β-unsaturated/α-hetero) is 2. The minimum atomic E-state index is -0.909. The fourth-order valence-electron chi connectivity index (χ4n) is 6.55. The van der Waals surface area contributed by atoms with Crippen LogP contribution in [0.15, 0.2) is 91.0 Å². The van der Waals surface area contributed by atoms with Crippen LogP contribution in [0.2, 0.25) is 0 Å². The van der Waals surface area contributed by atoms with E-state index in [-0.39, 0.29) is 56.4 Å². The molecule has 3 amide bonds. The lowest BCUT2D eigenvalue weighted by Gasteiger charge is -2.28. The number of rotatable bonds is 24. The Kier molecular flexibility index (Phi) is 20.3. The Hall–Kier alpha value is -5.52. The summed E-state index contributed by atoms with van der Waals surface area (Å²) in [5.41, 5.74) is 1.93. The fourth-order valence-corrected chi connectivity index (χ4v) is 6.55. The van der Waals surface area contributed by atoms with E-state index in [1.807, 2.05) is 105 Å². The number of hydrogen-bond donors (Lipinski definition) is 2. The maximum absolute atomic E-state index is 14.1. The highest BCUT2D eigenvalue weighted by Gasteiger charge is 2.32. The topological polar surface area (TPSA) is 157 Å². The van der Waals surface area contributed by atoms with E-state index in [0.717, 1.165) is 16.7 Å². The van der Waals surface area contributed by atoms with Crippen molar-refractivity contribution >= 4 is 35.6 Å². The van der Waals surface area contributed by atoms with Gasteiger partial charge in [-0.15, -0.1) is 0 Å². The molecule has 2 N–H and O–H groups in total. The number of ether oxygens (including phenoxy) is 3. The number of esters is 1. The standard InChI is InChI=1S/C47H63N3O9/c1-34(2)28-41(42(52)31-38(44(54)57-6)24-16-17-26-48-45(55)58-33-37-22-14-9-15-23-37)49-43(53)39(29-36-20-12-8-13-21-36)30-40(51)32-50(46(56)59-47(3,4)5)27-25-35-18-10-7-11-19-35/h7-15,18-23,34,38-39,41H,16-17,24-33H2,1-6H3,(H,48,55)(H,49,53)/t38-,39-,41+/m0/s1. The van der Waals surface area contributed by atoms with Gasteiger partial charge < -0.3 is 29.7 Å². The van der Waals surface area contributed by atoms with Gasteiger partial charge in [0.2, 0.25) is 5.91 Å². The summed E-state index contributed by atoms with van der Waals surface area (Å²) in [5.74, 6) is -3.20. The first-order valence-electron chi connectivity index (χ1n) is 20.6. The van der Waals surface area contributed by atoms with Gasteiger partial charge in [-0.2, -0.15) is 0 Å². The zero-order valence-corrected chi connectivity index (χ0v) is 35.6. The quantitative estimate of drug-likeness (QED) is 0.0527. The molecule has 59 heavy (non-hydrogen) atoms. The third-order valence-corrected chi connectivity index (χ3v) is 9.56. The molecule has 0 aromatic heterocycles. The molecule has 0 aliphatic heterocycles. The van der Waals surface area contributed by atoms with E-state index in [2.05, 4.69) is 10.6 Å². The molecule has 0 bridgehead atoms. The molecule has 0 spiro atoms. The van der Waals surface area contributed by atoms with Gasteiger partial charge in [0.1, 0.15) is 12.2 Å². The van der Waals surface area contributed by atoms with Crippen LogP contribution in [0.4, 0.5) is 9.59 Å². The number of nitrogens with zero attached hydrogens (tertiary/aromatic N) is 1. The van der Waals surface area contributed by atoms with E-state index in [0.29, 0.717) is 38.6 Å². The third-order valence-electron chi connectivity index (χ3n) is 9.56. The van der Waals surface area contributed by atoms with Crippen molar-refractivity contribution in [2.24, 2.45) is 17.8 Å². The van der Waals surface area contributed by atoms with Crippen molar-refractivity contribution in [2.75, 3.05) is 26.7 Å². The summed E-state index contributed by atoms with van der Waals surface area (Å²) in [5, 5.41) is 5.65. The predicted octanol–water partition coefficient (Wildman–Crippen LogP) is 7.66. The van der Waals surface area contributed by atoms with Gasteiger partial charge >= 0.3 is 18.2 Å². The first-order valence-corrected chi connectivity index (χ1v) is 20.6. The van der Waals surface area contributed by atoms with Crippen LogP contribution in [0.3, 0.4) is 0 Å². The Morgan fingerprint density at radius 3 is 1.92 bits per heavy atom. The zero-order valence-electron chi connectivity index (χ0n) is 35.6. The summed E-state index contributed by atoms with van der Waals surface area (Å²) >= 11 is 0. The monoisotopic (exact) mass is 813 g/mol. The number of carbonyl (C=O) groups is 6. The average molecular weight is 814 g/mol. The normalized spacial score (nSPS) is 12.7. The summed E-state index contributed by atoms with van der Waals surface area (Å²) in [4.78, 5) is 81.5. The largest absolute Gasteiger partial charge is 0.469 e. The summed E-state index contributed by atoms with van der Waals surface area (Å²) in [6.07, 6.45) is 0.988. The molecule has 3 aromatic rings. The van der Waals surface area contributed by atoms with Gasteiger partial charge in [-0.25, -0.2) is 9.59 Å². The highest BCUT2D eigenvalue weighted by atomic mass is 16.6. The minimum Gasteiger partial charge on any atom is -0.469 e. The summed E-state index contributed by atoms with van der Waals surface area (Å²) in [6.45, 7) is 9.63. The van der Waals surface area contributed by atoms with Crippen LogP contribution < -0.4 is 10.6 Å². The molecule has 0 radical (unpaired) electrons. The number of ketones is 2. The van der Waals surface area contributed by atoms with Crippen molar-refractivity contribution in [1.29, 1.82) is 0 Å². The number of carbonyl (C=O) groups excluding carboxylic acids is 6. The Morgan fingerprint density at radius 1 is 0.746 bits per heavy atom. The second-order valence-corrected chi connectivity index (χ2v) is 16.3. The fraction of sp³-hybridized carbons (Fsp3) is 0.489. The Bertz CT molecular complexity index is 1760. The molecular formula is C47H63N3O9. The van der Waals surface area contributed by atoms with E-state index in [1.165, 1.54) is 12.0 Å². The molecule has 3 aromatic carbocycles. The summed E-state index contributed by atoms with van der Waals surface area (Å²) in [7, 11) is 1.27. The molecule has 12 nitrogen and oxygen atoms in total. The number of benzene rings is 3. The maximum Gasteiger partial charge on any atom is 0.410 e. The maximum atomic E-state index is 14.1. The Labute approximate surface area is 349 Å². The smallest absolute Gasteiger partial charge is 0.410 e. The van der Waals surface area contributed by atoms with Gasteiger partial charge in [0.05, 0.1) is 25.6 Å². The molecule has 0 fully saturated rings. The molecule has 3 atom stereocenters. The first-order chi connectivity index (χ1) is 28.1. The van der Waals surface area contributed by atoms with Gasteiger partial charge in [0.25, 0.3) is 0 Å². The van der Waals surface area contributed by atoms with Crippen LogP contribution in [0.25, 0.3) is 0 Å². The minimum absolute atomic E-state index is 0.0229. The van der Waals surface area contributed by atoms with Gasteiger partial charge in [-0.3, -0.25) is 19.2 Å². The van der Waals surface area contributed by atoms with Gasteiger partial charge in [-0.1, -0.05) is 111 Å². The number of methoxy groups -OCH3 is 1. The lowest BCUT2D eigenvalue weighted by Crippen LogP contribution is -2.46. The molecule has 12 heteroatoms. The Morgan fingerprint density at radius 2 is 1.34 bits per heavy atom. The molecule has 3 rings (SSSR count). The predicted molar refractivity (Wildman–Crippen MR) is 226 cm³/mol. The van der Waals surface area contributed by atoms with Crippen molar-refractivity contribution in [3.63, 3.8) is 0 Å². The molecule has 0 heterocycles. The van der Waals surface area contributed by atoms with Gasteiger partial charge in [-0.05, 0) is 75.5 Å². The van der Waals surface area contributed by atoms with Crippen molar-refractivity contribution in [3.05, 3.63) is 108 Å². The number of alkyl carbamates (subject to hydrolysis) is 1. The molecule has 0 unspecified atom stereocenters. The second-order valence-electron chi connectivity index (χ2n) is 16.3. The number of hydrogen-bond acceptors (Lipinski definition) is 9. The molecule has 0 aliphatic rings. The summed E-state index contributed by atoms with van der Waals surface area (Å²) < 4.78 is 15.9. The van der Waals surface area contributed by atoms with Crippen LogP contribution in [0, 0.1) is 17.8 Å². The van der Waals surface area contributed by atoms with E-state index in [9.17, 15) is 28.8 Å². The zero-order chi connectivity index (χ0) is 43.2. The molecule has 320 valence electrons. The van der Waals surface area contributed by atoms with Crippen LogP contribution in [-0.4, -0.2) is 78.9 Å². The highest BCUT2D eigenvalue weighted by Crippen LogP contribution is 2.21. The number of amides is 3. The lowest BCUT2D eigenvalue weighted by atomic mass is 9.89. The van der Waals surface area contributed by atoms with Crippen molar-refractivity contribution in [2.45, 2.75) is 104 Å². The van der Waals surface area contributed by atoms with Crippen molar-refractivity contribution < 1.29 is 43.0 Å². The Balaban J connectivity index is 1.67. The van der Waals surface area contributed by atoms with E-state index < -0.39 is 47.5 Å². The average Bonchev–Trinajstić information content (AvgIpc) is 3.20. The van der Waals surface area contributed by atoms with Gasteiger partial charge in [0.15, 0.2) is 11.6 Å². The highest BCUT2D eigenvalue weighted by molar-refractivity contribution is 5.94. The second kappa shape index (κ2) is 25.1. The van der Waals surface area contributed by atoms with Crippen LogP contribution >= 0.6 is 0 Å². The van der Waals surface area contributed by atoms with E-state index >= 15 is 0 Å². The van der Waals surface area contributed by atoms with Crippen LogP contribution in [0.1, 0.15) is 89.8 Å².